The number of aromatic nitrogens is 4. The van der Waals surface area contributed by atoms with E-state index in [2.05, 4.69) is 25.1 Å². The molecule has 2 N–H and O–H groups in total. The van der Waals surface area contributed by atoms with Crippen LogP contribution in [0.1, 0.15) is 10.4 Å². The quantitative estimate of drug-likeness (QED) is 0.719. The van der Waals surface area contributed by atoms with Crippen LogP contribution in [0.2, 0.25) is 0 Å². The number of amides is 1. The van der Waals surface area contributed by atoms with Crippen LogP contribution in [-0.4, -0.2) is 25.7 Å². The minimum atomic E-state index is -0.203. The van der Waals surface area contributed by atoms with Gasteiger partial charge in [0.25, 0.3) is 5.91 Å². The lowest BCUT2D eigenvalue weighted by atomic mass is 10.1. The number of H-pyrrole nitrogens is 1. The molecule has 6 nitrogen and oxygen atoms in total. The Balaban J connectivity index is 1.98. The molecule has 0 aliphatic rings. The third-order valence-corrected chi connectivity index (χ3v) is 2.90. The van der Waals surface area contributed by atoms with Crippen LogP contribution in [0, 0.1) is 0 Å². The number of hydrogen-bond acceptors (Lipinski definition) is 5. The molecular formula is C10H7N5OS. The van der Waals surface area contributed by atoms with Gasteiger partial charge in [0.05, 0.1) is 23.5 Å². The molecule has 3 rings (SSSR count). The van der Waals surface area contributed by atoms with Gasteiger partial charge in [0, 0.05) is 16.9 Å². The van der Waals surface area contributed by atoms with Crippen molar-refractivity contribution in [2.75, 3.05) is 5.32 Å². The Morgan fingerprint density at radius 3 is 3.12 bits per heavy atom. The number of aromatic amines is 1. The fourth-order valence-corrected chi connectivity index (χ4v) is 1.97. The van der Waals surface area contributed by atoms with Crippen LogP contribution < -0.4 is 5.32 Å². The third kappa shape index (κ3) is 1.76. The zero-order chi connectivity index (χ0) is 11.7. The maximum absolute atomic E-state index is 12.0. The number of benzene rings is 1. The van der Waals surface area contributed by atoms with Gasteiger partial charge in [0.15, 0.2) is 0 Å². The average Bonchev–Trinajstić information content (AvgIpc) is 2.97. The average molecular weight is 245 g/mol. The molecule has 0 spiro atoms. The van der Waals surface area contributed by atoms with Crippen LogP contribution >= 0.6 is 11.5 Å². The van der Waals surface area contributed by atoms with Crippen molar-refractivity contribution in [1.29, 1.82) is 0 Å². The number of carbonyl (C=O) groups is 1. The summed E-state index contributed by atoms with van der Waals surface area (Å²) < 4.78 is 3.68. The van der Waals surface area contributed by atoms with Crippen molar-refractivity contribution < 1.29 is 4.79 Å². The van der Waals surface area contributed by atoms with Crippen molar-refractivity contribution >= 4 is 33.3 Å². The van der Waals surface area contributed by atoms with Gasteiger partial charge in [-0.25, -0.2) is 0 Å². The number of para-hydroxylation sites is 1. The second kappa shape index (κ2) is 3.95. The third-order valence-electron chi connectivity index (χ3n) is 2.32. The van der Waals surface area contributed by atoms with E-state index in [4.69, 9.17) is 0 Å². The smallest absolute Gasteiger partial charge is 0.258 e. The molecule has 2 aromatic heterocycles. The number of carbonyl (C=O) groups excluding carboxylic acids is 1. The van der Waals surface area contributed by atoms with E-state index in [9.17, 15) is 4.79 Å². The van der Waals surface area contributed by atoms with Crippen molar-refractivity contribution in [2.45, 2.75) is 0 Å². The lowest BCUT2D eigenvalue weighted by Gasteiger charge is -2.02. The molecule has 0 radical (unpaired) electrons. The maximum atomic E-state index is 12.0. The maximum Gasteiger partial charge on any atom is 0.258 e. The van der Waals surface area contributed by atoms with E-state index < -0.39 is 0 Å². The van der Waals surface area contributed by atoms with Crippen LogP contribution in [0.4, 0.5) is 5.00 Å². The van der Waals surface area contributed by atoms with Gasteiger partial charge < -0.3 is 5.32 Å². The van der Waals surface area contributed by atoms with E-state index in [1.807, 2.05) is 12.1 Å². The first-order valence-electron chi connectivity index (χ1n) is 4.85. The highest BCUT2D eigenvalue weighted by Gasteiger charge is 2.12. The predicted molar refractivity (Wildman–Crippen MR) is 64.0 cm³/mol. The minimum Gasteiger partial charge on any atom is -0.311 e. The monoisotopic (exact) mass is 245 g/mol. The summed E-state index contributed by atoms with van der Waals surface area (Å²) in [6, 6.07) is 5.45. The fourth-order valence-electron chi connectivity index (χ4n) is 1.56. The summed E-state index contributed by atoms with van der Waals surface area (Å²) in [4.78, 5) is 12.0. The molecular weight excluding hydrogens is 238 g/mol. The van der Waals surface area contributed by atoms with Crippen LogP contribution in [0.5, 0.6) is 0 Å². The first kappa shape index (κ1) is 9.91. The van der Waals surface area contributed by atoms with Gasteiger partial charge in [-0.3, -0.25) is 9.89 Å². The molecule has 7 heteroatoms. The molecule has 0 saturated heterocycles. The lowest BCUT2D eigenvalue weighted by Crippen LogP contribution is -2.11. The molecule has 17 heavy (non-hydrogen) atoms. The second-order valence-electron chi connectivity index (χ2n) is 3.38. The molecule has 1 amide bonds. The number of anilines is 1. The van der Waals surface area contributed by atoms with Crippen LogP contribution in [0.25, 0.3) is 10.9 Å². The molecule has 0 aliphatic carbocycles. The predicted octanol–water partition coefficient (Wildman–Crippen LogP) is 1.67. The van der Waals surface area contributed by atoms with Crippen molar-refractivity contribution in [3.05, 3.63) is 36.2 Å². The van der Waals surface area contributed by atoms with E-state index in [1.54, 1.807) is 12.3 Å². The number of nitrogens with zero attached hydrogens (tertiary/aromatic N) is 3. The zero-order valence-electron chi connectivity index (χ0n) is 8.54. The number of rotatable bonds is 2. The van der Waals surface area contributed by atoms with Crippen molar-refractivity contribution in [1.82, 2.24) is 19.8 Å². The fraction of sp³-hybridized carbons (Fsp3) is 0. The van der Waals surface area contributed by atoms with Gasteiger partial charge in [-0.2, -0.15) is 5.10 Å². The molecule has 0 saturated carbocycles. The highest BCUT2D eigenvalue weighted by Crippen LogP contribution is 2.18. The molecule has 3 aromatic rings. The number of fused-ring (bicyclic) bond motifs is 1. The van der Waals surface area contributed by atoms with E-state index in [0.717, 1.165) is 22.4 Å². The molecule has 0 unspecified atom stereocenters. The summed E-state index contributed by atoms with van der Waals surface area (Å²) in [5.74, 6) is -0.203. The minimum absolute atomic E-state index is 0.203. The van der Waals surface area contributed by atoms with Crippen molar-refractivity contribution in [3.63, 3.8) is 0 Å². The Labute approximate surface area is 99.8 Å². The van der Waals surface area contributed by atoms with Gasteiger partial charge in [0.1, 0.15) is 5.00 Å². The normalized spacial score (nSPS) is 10.6. The van der Waals surface area contributed by atoms with Gasteiger partial charge in [0.2, 0.25) is 0 Å². The number of nitrogens with one attached hydrogen (secondary N) is 2. The van der Waals surface area contributed by atoms with E-state index in [0.29, 0.717) is 10.6 Å². The van der Waals surface area contributed by atoms with E-state index in [1.165, 1.54) is 6.20 Å². The largest absolute Gasteiger partial charge is 0.311 e. The Morgan fingerprint density at radius 2 is 2.29 bits per heavy atom. The summed E-state index contributed by atoms with van der Waals surface area (Å²) in [6.07, 6.45) is 3.19. The Hall–Kier alpha value is -2.28. The molecule has 0 atom stereocenters. The van der Waals surface area contributed by atoms with Crippen molar-refractivity contribution in [2.24, 2.45) is 0 Å². The summed E-state index contributed by atoms with van der Waals surface area (Å²) in [5.41, 5.74) is 1.27. The Bertz CT molecular complexity index is 660. The van der Waals surface area contributed by atoms with Gasteiger partial charge in [-0.05, 0) is 6.07 Å². The van der Waals surface area contributed by atoms with E-state index in [-0.39, 0.29) is 5.91 Å². The molecule has 0 fully saturated rings. The Kier molecular flexibility index (Phi) is 2.30. The summed E-state index contributed by atoms with van der Waals surface area (Å²) in [7, 11) is 0. The lowest BCUT2D eigenvalue weighted by molar-refractivity contribution is 0.102. The van der Waals surface area contributed by atoms with Crippen LogP contribution in [0.3, 0.4) is 0 Å². The SMILES string of the molecule is O=C(Nc1cnns1)c1cccc2cn[nH]c12. The summed E-state index contributed by atoms with van der Waals surface area (Å²) in [5, 5.41) is 14.6. The molecule has 84 valence electrons. The summed E-state index contributed by atoms with van der Waals surface area (Å²) >= 11 is 1.13. The first-order valence-corrected chi connectivity index (χ1v) is 5.63. The molecule has 1 aromatic carbocycles. The summed E-state index contributed by atoms with van der Waals surface area (Å²) in [6.45, 7) is 0. The highest BCUT2D eigenvalue weighted by molar-refractivity contribution is 7.10. The molecule has 0 aliphatic heterocycles. The first-order chi connectivity index (χ1) is 8.34. The van der Waals surface area contributed by atoms with Crippen LogP contribution in [0.15, 0.2) is 30.6 Å². The van der Waals surface area contributed by atoms with Crippen molar-refractivity contribution in [3.8, 4) is 0 Å². The zero-order valence-corrected chi connectivity index (χ0v) is 9.36. The van der Waals surface area contributed by atoms with E-state index >= 15 is 0 Å². The van der Waals surface area contributed by atoms with Gasteiger partial charge in [-0.1, -0.05) is 16.6 Å². The number of hydrogen-bond donors (Lipinski definition) is 2. The second-order valence-corrected chi connectivity index (χ2v) is 4.16. The van der Waals surface area contributed by atoms with Gasteiger partial charge in [-0.15, -0.1) is 5.10 Å². The topological polar surface area (TPSA) is 83.6 Å². The highest BCUT2D eigenvalue weighted by atomic mass is 32.1. The Morgan fingerprint density at radius 1 is 1.35 bits per heavy atom. The van der Waals surface area contributed by atoms with Crippen LogP contribution in [-0.2, 0) is 0 Å². The van der Waals surface area contributed by atoms with Gasteiger partial charge >= 0.3 is 0 Å². The molecule has 0 bridgehead atoms. The molecule has 2 heterocycles. The standard InChI is InChI=1S/C10H7N5OS/c16-10(13-8-5-12-15-17-8)7-3-1-2-6-4-11-14-9(6)7/h1-5H,(H,11,14)(H,13,16).